The highest BCUT2D eigenvalue weighted by Gasteiger charge is 2.31. The maximum Gasteiger partial charge on any atom is 0.416 e. The summed E-state index contributed by atoms with van der Waals surface area (Å²) in [6, 6.07) is 9.55. The maximum atomic E-state index is 14.0. The first-order valence-corrected chi connectivity index (χ1v) is 6.23. The van der Waals surface area contributed by atoms with Gasteiger partial charge in [0.25, 0.3) is 0 Å². The molecule has 0 fully saturated rings. The Balaban J connectivity index is 2.42. The predicted molar refractivity (Wildman–Crippen MR) is 73.8 cm³/mol. The van der Waals surface area contributed by atoms with E-state index in [1.54, 1.807) is 31.3 Å². The fourth-order valence-electron chi connectivity index (χ4n) is 2.10. The molecule has 2 aromatic carbocycles. The van der Waals surface area contributed by atoms with E-state index >= 15 is 0 Å². The minimum absolute atomic E-state index is 0.0592. The highest BCUT2D eigenvalue weighted by Crippen LogP contribution is 2.34. The van der Waals surface area contributed by atoms with Gasteiger partial charge in [0.05, 0.1) is 11.3 Å². The standard InChI is InChI=1S/C15H14F4N2/c1-21(13-5-3-2-4-10(13)9-20)14-7-6-11(8-12(14)16)15(17,18)19/h2-8H,9,20H2,1H3. The van der Waals surface area contributed by atoms with Crippen LogP contribution >= 0.6 is 0 Å². The predicted octanol–water partition coefficient (Wildman–Crippen LogP) is 4.07. The summed E-state index contributed by atoms with van der Waals surface area (Å²) in [7, 11) is 1.58. The summed E-state index contributed by atoms with van der Waals surface area (Å²) in [5.41, 5.74) is 6.09. The molecule has 0 radical (unpaired) electrons. The van der Waals surface area contributed by atoms with Crippen molar-refractivity contribution in [3.05, 3.63) is 59.4 Å². The average Bonchev–Trinajstić information content (AvgIpc) is 2.45. The smallest absolute Gasteiger partial charge is 0.342 e. The van der Waals surface area contributed by atoms with Gasteiger partial charge in [-0.25, -0.2) is 4.39 Å². The lowest BCUT2D eigenvalue weighted by atomic mass is 10.1. The Labute approximate surface area is 119 Å². The Bertz CT molecular complexity index is 638. The zero-order valence-electron chi connectivity index (χ0n) is 11.3. The fourth-order valence-corrected chi connectivity index (χ4v) is 2.10. The van der Waals surface area contributed by atoms with E-state index in [-0.39, 0.29) is 12.2 Å². The minimum atomic E-state index is -4.56. The van der Waals surface area contributed by atoms with Gasteiger partial charge in [0.15, 0.2) is 0 Å². The van der Waals surface area contributed by atoms with Crippen LogP contribution < -0.4 is 10.6 Å². The van der Waals surface area contributed by atoms with Crippen molar-refractivity contribution in [2.75, 3.05) is 11.9 Å². The molecule has 2 nitrogen and oxygen atoms in total. The molecule has 0 heterocycles. The van der Waals surface area contributed by atoms with Crippen LogP contribution in [0.25, 0.3) is 0 Å². The van der Waals surface area contributed by atoms with E-state index in [1.807, 2.05) is 0 Å². The van der Waals surface area contributed by atoms with Gasteiger partial charge in [-0.1, -0.05) is 18.2 Å². The minimum Gasteiger partial charge on any atom is -0.342 e. The van der Waals surface area contributed by atoms with Crippen molar-refractivity contribution in [2.24, 2.45) is 5.73 Å². The number of nitrogens with zero attached hydrogens (tertiary/aromatic N) is 1. The average molecular weight is 298 g/mol. The van der Waals surface area contributed by atoms with Crippen LogP contribution in [0.4, 0.5) is 28.9 Å². The molecule has 6 heteroatoms. The molecule has 0 saturated heterocycles. The van der Waals surface area contributed by atoms with Gasteiger partial charge < -0.3 is 10.6 Å². The zero-order valence-corrected chi connectivity index (χ0v) is 11.3. The molecule has 21 heavy (non-hydrogen) atoms. The molecule has 0 atom stereocenters. The molecule has 0 saturated carbocycles. The van der Waals surface area contributed by atoms with Crippen LogP contribution in [0.1, 0.15) is 11.1 Å². The summed E-state index contributed by atoms with van der Waals surface area (Å²) in [6.07, 6.45) is -4.56. The Hall–Kier alpha value is -2.08. The van der Waals surface area contributed by atoms with Crippen LogP contribution in [0.15, 0.2) is 42.5 Å². The SMILES string of the molecule is CN(c1ccc(C(F)(F)F)cc1F)c1ccccc1CN. The Kier molecular flexibility index (Phi) is 4.18. The molecule has 0 aromatic heterocycles. The number of para-hydroxylation sites is 1. The molecule has 112 valence electrons. The van der Waals surface area contributed by atoms with E-state index in [4.69, 9.17) is 5.73 Å². The lowest BCUT2D eigenvalue weighted by Crippen LogP contribution is -2.15. The van der Waals surface area contributed by atoms with E-state index < -0.39 is 17.6 Å². The van der Waals surface area contributed by atoms with Crippen LogP contribution in [0.2, 0.25) is 0 Å². The van der Waals surface area contributed by atoms with E-state index in [1.165, 1.54) is 4.90 Å². The first-order chi connectivity index (χ1) is 9.84. The highest BCUT2D eigenvalue weighted by molar-refractivity contribution is 5.66. The van der Waals surface area contributed by atoms with Crippen molar-refractivity contribution < 1.29 is 17.6 Å². The number of benzene rings is 2. The summed E-state index contributed by atoms with van der Waals surface area (Å²) in [6.45, 7) is 0.253. The van der Waals surface area contributed by atoms with Gasteiger partial charge in [0.1, 0.15) is 5.82 Å². The normalized spacial score (nSPS) is 11.5. The van der Waals surface area contributed by atoms with E-state index in [2.05, 4.69) is 0 Å². The topological polar surface area (TPSA) is 29.3 Å². The summed E-state index contributed by atoms with van der Waals surface area (Å²) in [4.78, 5) is 1.48. The number of halogens is 4. The number of alkyl halides is 3. The van der Waals surface area contributed by atoms with Gasteiger partial charge in [0, 0.05) is 19.3 Å². The monoisotopic (exact) mass is 298 g/mol. The zero-order chi connectivity index (χ0) is 15.6. The third kappa shape index (κ3) is 3.16. The van der Waals surface area contributed by atoms with Gasteiger partial charge in [-0.3, -0.25) is 0 Å². The molecule has 0 unspecified atom stereocenters. The van der Waals surface area contributed by atoms with Gasteiger partial charge in [-0.15, -0.1) is 0 Å². The largest absolute Gasteiger partial charge is 0.416 e. The van der Waals surface area contributed by atoms with E-state index in [0.29, 0.717) is 11.8 Å². The van der Waals surface area contributed by atoms with E-state index in [0.717, 1.165) is 17.7 Å². The number of hydrogen-bond acceptors (Lipinski definition) is 2. The van der Waals surface area contributed by atoms with Crippen molar-refractivity contribution in [3.63, 3.8) is 0 Å². The van der Waals surface area contributed by atoms with Gasteiger partial charge >= 0.3 is 6.18 Å². The third-order valence-corrected chi connectivity index (χ3v) is 3.21. The molecule has 2 aromatic rings. The first-order valence-electron chi connectivity index (χ1n) is 6.23. The Morgan fingerprint density at radius 3 is 2.29 bits per heavy atom. The summed E-state index contributed by atoms with van der Waals surface area (Å²) in [5.74, 6) is -0.931. The maximum absolute atomic E-state index is 14.0. The molecule has 2 rings (SSSR count). The first kappa shape index (κ1) is 15.3. The Morgan fingerprint density at radius 1 is 1.05 bits per heavy atom. The number of anilines is 2. The molecule has 0 bridgehead atoms. The van der Waals surface area contributed by atoms with Crippen molar-refractivity contribution in [3.8, 4) is 0 Å². The van der Waals surface area contributed by atoms with E-state index in [9.17, 15) is 17.6 Å². The van der Waals surface area contributed by atoms with Crippen LogP contribution in [-0.2, 0) is 12.7 Å². The van der Waals surface area contributed by atoms with Gasteiger partial charge in [-0.2, -0.15) is 13.2 Å². The van der Waals surface area contributed by atoms with Crippen LogP contribution in [0.3, 0.4) is 0 Å². The lowest BCUT2D eigenvalue weighted by molar-refractivity contribution is -0.137. The third-order valence-electron chi connectivity index (χ3n) is 3.21. The second-order valence-corrected chi connectivity index (χ2v) is 4.56. The van der Waals surface area contributed by atoms with Crippen molar-refractivity contribution in [2.45, 2.75) is 12.7 Å². The summed E-state index contributed by atoms with van der Waals surface area (Å²) in [5, 5.41) is 0. The molecule has 0 amide bonds. The fraction of sp³-hybridized carbons (Fsp3) is 0.200. The number of hydrogen-bond donors (Lipinski definition) is 1. The summed E-state index contributed by atoms with van der Waals surface area (Å²) >= 11 is 0. The second-order valence-electron chi connectivity index (χ2n) is 4.56. The quantitative estimate of drug-likeness (QED) is 0.865. The van der Waals surface area contributed by atoms with Crippen LogP contribution in [-0.4, -0.2) is 7.05 Å². The van der Waals surface area contributed by atoms with Crippen molar-refractivity contribution >= 4 is 11.4 Å². The molecule has 0 spiro atoms. The molecule has 0 aliphatic rings. The molecule has 2 N–H and O–H groups in total. The van der Waals surface area contributed by atoms with Crippen molar-refractivity contribution in [1.29, 1.82) is 0 Å². The second kappa shape index (κ2) is 5.73. The van der Waals surface area contributed by atoms with Gasteiger partial charge in [-0.05, 0) is 29.8 Å². The van der Waals surface area contributed by atoms with Crippen molar-refractivity contribution in [1.82, 2.24) is 0 Å². The van der Waals surface area contributed by atoms with Gasteiger partial charge in [0.2, 0.25) is 0 Å². The van der Waals surface area contributed by atoms with Crippen LogP contribution in [0.5, 0.6) is 0 Å². The lowest BCUT2D eigenvalue weighted by Gasteiger charge is -2.23. The molecular weight excluding hydrogens is 284 g/mol. The molecule has 0 aliphatic heterocycles. The number of rotatable bonds is 3. The Morgan fingerprint density at radius 2 is 1.71 bits per heavy atom. The van der Waals surface area contributed by atoms with Crippen LogP contribution in [0, 0.1) is 5.82 Å². The summed E-state index contributed by atoms with van der Waals surface area (Å²) < 4.78 is 51.6. The number of nitrogens with two attached hydrogens (primary N) is 1. The molecule has 0 aliphatic carbocycles. The molecular formula is C15H14F4N2. The highest BCUT2D eigenvalue weighted by atomic mass is 19.4.